The van der Waals surface area contributed by atoms with Crippen molar-refractivity contribution < 1.29 is 96.6 Å². The molecule has 0 unspecified atom stereocenters. The van der Waals surface area contributed by atoms with Crippen molar-refractivity contribution in [3.63, 3.8) is 0 Å². The highest BCUT2D eigenvalue weighted by atomic mass is 19.4. The summed E-state index contributed by atoms with van der Waals surface area (Å²) in [6.45, 7) is 0. The first-order valence-electron chi connectivity index (χ1n) is 7.41. The molecule has 0 radical (unpaired) electrons. The Hall–Kier alpha value is -2.06. The maximum atomic E-state index is 14.1. The van der Waals surface area contributed by atoms with Gasteiger partial charge in [-0.25, -0.2) is 8.78 Å². The van der Waals surface area contributed by atoms with Crippen LogP contribution in [0.4, 0.5) is 96.6 Å². The Bertz CT molecular complexity index is 904. The van der Waals surface area contributed by atoms with Crippen LogP contribution in [0.3, 0.4) is 0 Å². The van der Waals surface area contributed by atoms with Crippen LogP contribution in [0.15, 0.2) is 23.1 Å². The third kappa shape index (κ3) is 3.46. The summed E-state index contributed by atoms with van der Waals surface area (Å²) in [7, 11) is 0. The van der Waals surface area contributed by atoms with Crippen molar-refractivity contribution >= 4 is 0 Å². The van der Waals surface area contributed by atoms with E-state index in [-0.39, 0.29) is 0 Å². The van der Waals surface area contributed by atoms with Crippen LogP contribution < -0.4 is 0 Å². The summed E-state index contributed by atoms with van der Waals surface area (Å²) < 4.78 is 291. The first kappa shape index (κ1) is 31.0. The van der Waals surface area contributed by atoms with Gasteiger partial charge in [0.05, 0.1) is 5.57 Å². The van der Waals surface area contributed by atoms with E-state index < -0.39 is 76.6 Å². The minimum absolute atomic E-state index is 5.16. The zero-order chi connectivity index (χ0) is 28.8. The third-order valence-corrected chi connectivity index (χ3v) is 4.35. The van der Waals surface area contributed by atoms with Gasteiger partial charge < -0.3 is 0 Å². The maximum Gasteiger partial charge on any atom is 0.438 e. The molecule has 0 nitrogen and oxygen atoms in total. The van der Waals surface area contributed by atoms with Gasteiger partial charge in [0.1, 0.15) is 5.57 Å². The first-order chi connectivity index (χ1) is 14.8. The molecule has 0 aliphatic heterocycles. The minimum Gasteiger partial charge on any atom is -0.216 e. The monoisotopic (exact) mass is 574 g/mol. The van der Waals surface area contributed by atoms with Crippen molar-refractivity contribution in [3.8, 4) is 0 Å². The highest BCUT2D eigenvalue weighted by Crippen LogP contribution is 2.67. The lowest BCUT2D eigenvalue weighted by atomic mass is 9.83. The van der Waals surface area contributed by atoms with Crippen LogP contribution in [0.5, 0.6) is 0 Å². The average Bonchev–Trinajstić information content (AvgIpc) is 2.62. The quantitative estimate of drug-likeness (QED) is 0.300. The van der Waals surface area contributed by atoms with Crippen molar-refractivity contribution in [2.24, 2.45) is 0 Å². The summed E-state index contributed by atoms with van der Waals surface area (Å²) in [4.78, 5) is 0. The predicted molar refractivity (Wildman–Crippen MR) is 63.0 cm³/mol. The Kier molecular flexibility index (Phi) is 6.62. The van der Waals surface area contributed by atoms with Gasteiger partial charge in [-0.05, 0) is 0 Å². The standard InChI is InChI=1S/C13F22/c14-3-1(5(17,18)9(24,25)8(23,12(30,31)32)13(33,34)35)2(4(15)16)6(19,20)10(26,27)11(28,29)7(3,21)22. The van der Waals surface area contributed by atoms with Crippen molar-refractivity contribution in [2.75, 3.05) is 0 Å². The summed E-state index contributed by atoms with van der Waals surface area (Å²) in [6, 6.07) is 0. The van der Waals surface area contributed by atoms with Crippen LogP contribution in [0.2, 0.25) is 0 Å². The fourth-order valence-electron chi connectivity index (χ4n) is 2.51. The molecule has 1 aliphatic carbocycles. The number of hydrogen-bond donors (Lipinski definition) is 0. The van der Waals surface area contributed by atoms with Crippen LogP contribution >= 0.6 is 0 Å². The van der Waals surface area contributed by atoms with Crippen molar-refractivity contribution in [1.29, 1.82) is 0 Å². The third-order valence-electron chi connectivity index (χ3n) is 4.35. The molecule has 0 aromatic carbocycles. The molecule has 22 heteroatoms. The van der Waals surface area contributed by atoms with Gasteiger partial charge in [-0.15, -0.1) is 0 Å². The molecule has 0 spiro atoms. The van der Waals surface area contributed by atoms with Gasteiger partial charge in [-0.1, -0.05) is 0 Å². The van der Waals surface area contributed by atoms with Crippen LogP contribution in [0.25, 0.3) is 0 Å². The Labute approximate surface area is 174 Å². The lowest BCUT2D eigenvalue weighted by Gasteiger charge is -2.40. The van der Waals surface area contributed by atoms with Crippen LogP contribution in [-0.4, -0.2) is 53.6 Å². The highest BCUT2D eigenvalue weighted by molar-refractivity contribution is 5.52. The van der Waals surface area contributed by atoms with Crippen LogP contribution in [-0.2, 0) is 0 Å². The molecule has 0 atom stereocenters. The molecule has 0 aromatic rings. The van der Waals surface area contributed by atoms with E-state index in [0.29, 0.717) is 0 Å². The molecule has 0 heterocycles. The van der Waals surface area contributed by atoms with Gasteiger partial charge in [0.15, 0.2) is 5.83 Å². The largest absolute Gasteiger partial charge is 0.438 e. The second-order valence-corrected chi connectivity index (χ2v) is 6.42. The van der Waals surface area contributed by atoms with E-state index in [2.05, 4.69) is 0 Å². The van der Waals surface area contributed by atoms with Gasteiger partial charge in [0, 0.05) is 0 Å². The second-order valence-electron chi connectivity index (χ2n) is 6.42. The number of allylic oxidation sites excluding steroid dienone is 3. The SMILES string of the molecule is FC(F)=C1C(C(F)(F)C(F)(F)C(F)(C(F)(F)F)C(F)(F)F)=C(F)C(F)(F)C(F)(F)C(F)(F)C1(F)F. The number of rotatable bonds is 3. The second kappa shape index (κ2) is 7.48. The van der Waals surface area contributed by atoms with Crippen LogP contribution in [0.1, 0.15) is 0 Å². The molecule has 35 heavy (non-hydrogen) atoms. The van der Waals surface area contributed by atoms with E-state index in [1.165, 1.54) is 0 Å². The summed E-state index contributed by atoms with van der Waals surface area (Å²) in [5, 5.41) is 0. The van der Waals surface area contributed by atoms with E-state index in [9.17, 15) is 96.6 Å². The average molecular weight is 574 g/mol. The Morgan fingerprint density at radius 2 is 0.857 bits per heavy atom. The number of alkyl halides is 19. The Balaban J connectivity index is 4.44. The fourth-order valence-corrected chi connectivity index (χ4v) is 2.51. The van der Waals surface area contributed by atoms with Gasteiger partial charge in [-0.3, -0.25) is 0 Å². The molecule has 0 aromatic heterocycles. The molecule has 0 bridgehead atoms. The van der Waals surface area contributed by atoms with E-state index in [1.54, 1.807) is 0 Å². The number of halogens is 22. The summed E-state index contributed by atoms with van der Waals surface area (Å²) in [6.07, 6.45) is -21.9. The summed E-state index contributed by atoms with van der Waals surface area (Å²) >= 11 is 0. The highest BCUT2D eigenvalue weighted by Gasteiger charge is 2.93. The zero-order valence-electron chi connectivity index (χ0n) is 14.8. The van der Waals surface area contributed by atoms with E-state index >= 15 is 0 Å². The summed E-state index contributed by atoms with van der Waals surface area (Å²) in [5.74, 6) is -55.6. The molecule has 0 N–H and O–H groups in total. The molecule has 0 fully saturated rings. The molecule has 206 valence electrons. The van der Waals surface area contributed by atoms with Crippen LogP contribution in [0, 0.1) is 0 Å². The lowest BCUT2D eigenvalue weighted by molar-refractivity contribution is -0.422. The van der Waals surface area contributed by atoms with E-state index in [0.717, 1.165) is 0 Å². The molecule has 0 saturated heterocycles. The van der Waals surface area contributed by atoms with E-state index in [1.807, 2.05) is 0 Å². The Morgan fingerprint density at radius 3 is 1.14 bits per heavy atom. The molecule has 1 rings (SSSR count). The van der Waals surface area contributed by atoms with Crippen molar-refractivity contribution in [2.45, 2.75) is 53.6 Å². The molecular formula is C13F22. The first-order valence-corrected chi connectivity index (χ1v) is 7.41. The normalized spacial score (nSPS) is 23.3. The summed E-state index contributed by atoms with van der Waals surface area (Å²) in [5.41, 5.74) is -19.7. The molecule has 0 saturated carbocycles. The van der Waals surface area contributed by atoms with Crippen molar-refractivity contribution in [3.05, 3.63) is 23.1 Å². The minimum atomic E-state index is -8.97. The zero-order valence-corrected chi connectivity index (χ0v) is 14.8. The van der Waals surface area contributed by atoms with E-state index in [4.69, 9.17) is 0 Å². The predicted octanol–water partition coefficient (Wildman–Crippen LogP) is 8.02. The smallest absolute Gasteiger partial charge is 0.216 e. The Morgan fingerprint density at radius 1 is 0.543 bits per heavy atom. The number of hydrogen-bond acceptors (Lipinski definition) is 0. The molecule has 0 amide bonds. The van der Waals surface area contributed by atoms with Gasteiger partial charge in [0.25, 0.3) is 6.08 Å². The fraction of sp³-hybridized carbons (Fsp3) is 0.692. The molecular weight excluding hydrogens is 574 g/mol. The van der Waals surface area contributed by atoms with Gasteiger partial charge >= 0.3 is 53.6 Å². The molecule has 1 aliphatic rings. The lowest BCUT2D eigenvalue weighted by Crippen LogP contribution is -2.70. The topological polar surface area (TPSA) is 0 Å². The van der Waals surface area contributed by atoms with Crippen molar-refractivity contribution in [1.82, 2.24) is 0 Å². The van der Waals surface area contributed by atoms with Gasteiger partial charge in [-0.2, -0.15) is 87.8 Å². The maximum absolute atomic E-state index is 14.1. The van der Waals surface area contributed by atoms with Gasteiger partial charge in [0.2, 0.25) is 0 Å².